The third-order valence-corrected chi connectivity index (χ3v) is 8.30. The standard InChI is InChI=1S/C29H32BrN5O5S/c1-29(2,3)40-28(37)33-14-6-7-21(17-33)35(41(5,38)39)25-16-24-23(15-22(25)18-8-9-18)26(27(36)31-4)34(32-24)20-12-10-19(30)11-13-20/h6-7,10-16,18H,8-9,17H2,1-5H3,(H,31,36). The Morgan fingerprint density at radius 1 is 1.15 bits per heavy atom. The number of halogens is 1. The molecule has 2 amide bonds. The Morgan fingerprint density at radius 2 is 1.83 bits per heavy atom. The first-order valence-corrected chi connectivity index (χ1v) is 15.8. The number of nitrogens with one attached hydrogen (secondary N) is 1. The monoisotopic (exact) mass is 641 g/mol. The number of amides is 2. The van der Waals surface area contributed by atoms with Crippen molar-refractivity contribution in [1.29, 1.82) is 0 Å². The van der Waals surface area contributed by atoms with Crippen molar-refractivity contribution < 1.29 is 22.7 Å². The fraction of sp³-hybridized carbons (Fsp3) is 0.345. The molecule has 0 spiro atoms. The lowest BCUT2D eigenvalue weighted by Gasteiger charge is -2.32. The molecule has 0 saturated heterocycles. The van der Waals surface area contributed by atoms with Gasteiger partial charge in [-0.1, -0.05) is 15.9 Å². The van der Waals surface area contributed by atoms with Gasteiger partial charge in [-0.05, 0) is 93.6 Å². The van der Waals surface area contributed by atoms with Crippen LogP contribution in [0, 0.1) is 0 Å². The lowest BCUT2D eigenvalue weighted by atomic mass is 10.0. The number of ether oxygens (including phenoxy) is 1. The van der Waals surface area contributed by atoms with Gasteiger partial charge in [0, 0.05) is 23.1 Å². The van der Waals surface area contributed by atoms with Gasteiger partial charge in [-0.25, -0.2) is 22.2 Å². The zero-order valence-corrected chi connectivity index (χ0v) is 25.9. The highest BCUT2D eigenvalue weighted by Crippen LogP contribution is 2.47. The smallest absolute Gasteiger partial charge is 0.414 e. The molecule has 1 aromatic heterocycles. The SMILES string of the molecule is CNC(=O)c1c2cc(C3CC3)c(N(C3=CC=CN(C(=O)OC(C)(C)C)C3)S(C)(=O)=O)cc2nn1-c1ccc(Br)cc1. The molecule has 12 heteroatoms. The van der Waals surface area contributed by atoms with Gasteiger partial charge >= 0.3 is 6.09 Å². The van der Waals surface area contributed by atoms with Gasteiger partial charge in [0.2, 0.25) is 10.0 Å². The van der Waals surface area contributed by atoms with Crippen LogP contribution in [-0.4, -0.2) is 60.5 Å². The maximum absolute atomic E-state index is 13.4. The number of anilines is 1. The summed E-state index contributed by atoms with van der Waals surface area (Å²) in [5.74, 6) is -0.174. The molecule has 2 aromatic carbocycles. The molecular weight excluding hydrogens is 610 g/mol. The Balaban J connectivity index is 1.66. The Kier molecular flexibility index (Phi) is 7.49. The van der Waals surface area contributed by atoms with Gasteiger partial charge in [-0.3, -0.25) is 9.69 Å². The van der Waals surface area contributed by atoms with Gasteiger partial charge in [0.15, 0.2) is 0 Å². The molecule has 1 N–H and O–H groups in total. The highest BCUT2D eigenvalue weighted by molar-refractivity contribution is 9.10. The van der Waals surface area contributed by atoms with Crippen LogP contribution in [-0.2, 0) is 14.8 Å². The van der Waals surface area contributed by atoms with Crippen molar-refractivity contribution in [3.63, 3.8) is 0 Å². The number of hydrogen-bond acceptors (Lipinski definition) is 6. The number of rotatable bonds is 6. The quantitative estimate of drug-likeness (QED) is 0.383. The molecular formula is C29H32BrN5O5S. The molecule has 10 nitrogen and oxygen atoms in total. The lowest BCUT2D eigenvalue weighted by Crippen LogP contribution is -2.40. The van der Waals surface area contributed by atoms with E-state index in [0.29, 0.717) is 33.7 Å². The number of allylic oxidation sites excluding steroid dienone is 2. The Hall–Kier alpha value is -3.64. The summed E-state index contributed by atoms with van der Waals surface area (Å²) in [6.07, 6.45) is 7.24. The van der Waals surface area contributed by atoms with Crippen molar-refractivity contribution in [1.82, 2.24) is 20.0 Å². The number of benzene rings is 2. The zero-order chi connectivity index (χ0) is 29.7. The minimum atomic E-state index is -3.85. The summed E-state index contributed by atoms with van der Waals surface area (Å²) in [6, 6.07) is 11.0. The number of fused-ring (bicyclic) bond motifs is 1. The van der Waals surface area contributed by atoms with E-state index in [9.17, 15) is 18.0 Å². The summed E-state index contributed by atoms with van der Waals surface area (Å²) in [5, 5.41) is 8.09. The molecule has 2 aliphatic rings. The van der Waals surface area contributed by atoms with E-state index in [1.54, 1.807) is 56.9 Å². The minimum Gasteiger partial charge on any atom is -0.443 e. The van der Waals surface area contributed by atoms with Gasteiger partial charge in [0.25, 0.3) is 5.91 Å². The third-order valence-electron chi connectivity index (χ3n) is 6.68. The lowest BCUT2D eigenvalue weighted by molar-refractivity contribution is 0.0346. The van der Waals surface area contributed by atoms with E-state index in [1.165, 1.54) is 9.21 Å². The summed E-state index contributed by atoms with van der Waals surface area (Å²) in [5.41, 5.74) is 2.46. The van der Waals surface area contributed by atoms with Gasteiger partial charge < -0.3 is 10.1 Å². The van der Waals surface area contributed by atoms with Crippen molar-refractivity contribution in [3.8, 4) is 5.69 Å². The topological polar surface area (TPSA) is 114 Å². The molecule has 1 aliphatic carbocycles. The van der Waals surface area contributed by atoms with E-state index < -0.39 is 21.7 Å². The number of sulfonamides is 1. The maximum atomic E-state index is 13.4. The van der Waals surface area contributed by atoms with Crippen molar-refractivity contribution in [2.45, 2.75) is 45.1 Å². The predicted molar refractivity (Wildman–Crippen MR) is 162 cm³/mol. The number of carbonyl (C=O) groups excluding carboxylic acids is 2. The van der Waals surface area contributed by atoms with Crippen LogP contribution in [0.25, 0.3) is 16.6 Å². The van der Waals surface area contributed by atoms with E-state index in [1.807, 2.05) is 30.3 Å². The number of hydrogen-bond donors (Lipinski definition) is 1. The average molecular weight is 643 g/mol. The second-order valence-corrected chi connectivity index (χ2v) is 13.9. The molecule has 1 saturated carbocycles. The Morgan fingerprint density at radius 3 is 2.41 bits per heavy atom. The fourth-order valence-corrected chi connectivity index (χ4v) is 6.13. The number of carbonyl (C=O) groups is 2. The highest BCUT2D eigenvalue weighted by atomic mass is 79.9. The maximum Gasteiger partial charge on any atom is 0.414 e. The summed E-state index contributed by atoms with van der Waals surface area (Å²) in [6.45, 7) is 5.32. The molecule has 0 atom stereocenters. The van der Waals surface area contributed by atoms with Crippen LogP contribution in [0.15, 0.2) is 64.9 Å². The molecule has 3 aromatic rings. The van der Waals surface area contributed by atoms with Gasteiger partial charge in [0.1, 0.15) is 11.3 Å². The average Bonchev–Trinajstić information content (AvgIpc) is 3.67. The van der Waals surface area contributed by atoms with E-state index in [2.05, 4.69) is 21.2 Å². The first-order chi connectivity index (χ1) is 19.3. The van der Waals surface area contributed by atoms with Crippen molar-refractivity contribution in [2.24, 2.45) is 0 Å². The van der Waals surface area contributed by atoms with Gasteiger partial charge in [0.05, 0.1) is 35.4 Å². The third kappa shape index (κ3) is 6.03. The van der Waals surface area contributed by atoms with Crippen LogP contribution in [0.3, 0.4) is 0 Å². The fourth-order valence-electron chi connectivity index (χ4n) is 4.80. The molecule has 5 rings (SSSR count). The predicted octanol–water partition coefficient (Wildman–Crippen LogP) is 5.44. The van der Waals surface area contributed by atoms with Crippen LogP contribution in [0.4, 0.5) is 10.5 Å². The minimum absolute atomic E-state index is 0.00253. The van der Waals surface area contributed by atoms with Crippen LogP contribution in [0.2, 0.25) is 0 Å². The molecule has 1 aliphatic heterocycles. The molecule has 2 heterocycles. The molecule has 0 radical (unpaired) electrons. The number of nitrogens with zero attached hydrogens (tertiary/aromatic N) is 4. The normalized spacial score (nSPS) is 15.6. The van der Waals surface area contributed by atoms with Gasteiger partial charge in [-0.15, -0.1) is 0 Å². The van der Waals surface area contributed by atoms with Crippen molar-refractivity contribution >= 4 is 54.5 Å². The molecule has 216 valence electrons. The summed E-state index contributed by atoms with van der Waals surface area (Å²) >= 11 is 3.44. The Labute approximate surface area is 247 Å². The summed E-state index contributed by atoms with van der Waals surface area (Å²) < 4.78 is 36.0. The van der Waals surface area contributed by atoms with E-state index >= 15 is 0 Å². The number of aromatic nitrogens is 2. The van der Waals surface area contributed by atoms with Crippen LogP contribution in [0.1, 0.15) is 55.6 Å². The first kappa shape index (κ1) is 28.9. The summed E-state index contributed by atoms with van der Waals surface area (Å²) in [7, 11) is -2.28. The molecule has 41 heavy (non-hydrogen) atoms. The van der Waals surface area contributed by atoms with E-state index in [0.717, 1.165) is 29.1 Å². The van der Waals surface area contributed by atoms with Crippen molar-refractivity contribution in [3.05, 3.63) is 76.2 Å². The highest BCUT2D eigenvalue weighted by Gasteiger charge is 2.35. The second kappa shape index (κ2) is 10.6. The summed E-state index contributed by atoms with van der Waals surface area (Å²) in [4.78, 5) is 27.3. The molecule has 1 fully saturated rings. The Bertz CT molecular complexity index is 1700. The van der Waals surface area contributed by atoms with Gasteiger partial charge in [-0.2, -0.15) is 5.10 Å². The molecule has 0 bridgehead atoms. The van der Waals surface area contributed by atoms with Crippen LogP contribution in [0.5, 0.6) is 0 Å². The van der Waals surface area contributed by atoms with Crippen molar-refractivity contribution in [2.75, 3.05) is 24.2 Å². The zero-order valence-electron chi connectivity index (χ0n) is 23.5. The first-order valence-electron chi connectivity index (χ1n) is 13.2. The molecule has 0 unspecified atom stereocenters. The van der Waals surface area contributed by atoms with E-state index in [4.69, 9.17) is 9.84 Å². The van der Waals surface area contributed by atoms with E-state index in [-0.39, 0.29) is 18.4 Å². The largest absolute Gasteiger partial charge is 0.443 e. The van der Waals surface area contributed by atoms with Crippen LogP contribution >= 0.6 is 15.9 Å². The van der Waals surface area contributed by atoms with Crippen LogP contribution < -0.4 is 9.62 Å². The second-order valence-electron chi connectivity index (χ2n) is 11.2.